The van der Waals surface area contributed by atoms with Crippen LogP contribution in [0.5, 0.6) is 0 Å². The van der Waals surface area contributed by atoms with Crippen molar-refractivity contribution in [3.05, 3.63) is 16.6 Å². The highest BCUT2D eigenvalue weighted by Gasteiger charge is 2.19. The third kappa shape index (κ3) is 4.01. The van der Waals surface area contributed by atoms with Gasteiger partial charge in [-0.2, -0.15) is 5.26 Å². The van der Waals surface area contributed by atoms with Crippen LogP contribution in [-0.4, -0.2) is 49.2 Å². The summed E-state index contributed by atoms with van der Waals surface area (Å²) in [6.07, 6.45) is 1.01. The maximum atomic E-state index is 11.0. The van der Waals surface area contributed by atoms with Crippen LogP contribution in [0.25, 0.3) is 0 Å². The molecule has 0 N–H and O–H groups in total. The second-order valence-corrected chi connectivity index (χ2v) is 4.23. The molecule has 0 saturated carbocycles. The van der Waals surface area contributed by atoms with Crippen LogP contribution >= 0.6 is 0 Å². The van der Waals surface area contributed by atoms with Gasteiger partial charge >= 0.3 is 0 Å². The molecule has 0 aliphatic carbocycles. The van der Waals surface area contributed by atoms with Crippen molar-refractivity contribution in [2.24, 2.45) is 0 Å². The molecule has 7 heteroatoms. The van der Waals surface area contributed by atoms with E-state index in [4.69, 9.17) is 5.26 Å². The second kappa shape index (κ2) is 6.18. The van der Waals surface area contributed by atoms with Crippen molar-refractivity contribution in [1.29, 1.82) is 5.26 Å². The molecule has 0 radical (unpaired) electrons. The molecular weight excluding hydrogens is 222 g/mol. The van der Waals surface area contributed by atoms with Crippen molar-refractivity contribution in [2.45, 2.75) is 13.0 Å². The monoisotopic (exact) mass is 239 g/mol. The summed E-state index contributed by atoms with van der Waals surface area (Å²) in [6, 6.07) is 1.78. The lowest BCUT2D eigenvalue weighted by atomic mass is 10.3. The van der Waals surface area contributed by atoms with Crippen LogP contribution < -0.4 is 4.90 Å². The fourth-order valence-corrected chi connectivity index (χ4v) is 1.48. The molecule has 1 aromatic heterocycles. The molecule has 0 fully saturated rings. The highest BCUT2D eigenvalue weighted by Crippen LogP contribution is 2.03. The van der Waals surface area contributed by atoms with Gasteiger partial charge in [-0.3, -0.25) is 9.53 Å². The quantitative estimate of drug-likeness (QED) is 0.626. The smallest absolute Gasteiger partial charge is 0.299 e. The third-order valence-electron chi connectivity index (χ3n) is 2.35. The van der Waals surface area contributed by atoms with Gasteiger partial charge in [0.15, 0.2) is 6.07 Å². The summed E-state index contributed by atoms with van der Waals surface area (Å²) in [4.78, 5) is 4.25. The fourth-order valence-electron chi connectivity index (χ4n) is 1.48. The number of nitrogens with zero attached hydrogens (tertiary/aromatic N) is 5. The Bertz CT molecular complexity index is 396. The Balaban J connectivity index is 2.45. The molecule has 0 spiro atoms. The van der Waals surface area contributed by atoms with E-state index < -0.39 is 0 Å². The van der Waals surface area contributed by atoms with Crippen molar-refractivity contribution in [3.8, 4) is 6.07 Å². The normalized spacial score (nSPS) is 11.1. The number of aromatic nitrogens is 2. The Morgan fingerprint density at radius 2 is 2.12 bits per heavy atom. The molecule has 0 atom stereocenters. The molecule has 0 unspecified atom stereocenters. The lowest BCUT2D eigenvalue weighted by Crippen LogP contribution is -2.28. The minimum atomic E-state index is -0.0653. The van der Waals surface area contributed by atoms with Crippen molar-refractivity contribution < 1.29 is 9.53 Å². The first-order valence-electron chi connectivity index (χ1n) is 5.36. The van der Waals surface area contributed by atoms with Crippen molar-refractivity contribution in [2.75, 3.05) is 34.2 Å². The zero-order valence-corrected chi connectivity index (χ0v) is 10.4. The highest BCUT2D eigenvalue weighted by molar-refractivity contribution is 5.18. The van der Waals surface area contributed by atoms with Crippen molar-refractivity contribution in [3.63, 3.8) is 0 Å². The van der Waals surface area contributed by atoms with Gasteiger partial charge in [0.05, 0.1) is 6.54 Å². The average molecular weight is 239 g/mol. The first kappa shape index (κ1) is 13.4. The molecule has 0 aliphatic rings. The topological polar surface area (TPSA) is 83.2 Å². The van der Waals surface area contributed by atoms with Crippen LogP contribution in [0.2, 0.25) is 0 Å². The molecule has 1 rings (SSSR count). The van der Waals surface area contributed by atoms with E-state index >= 15 is 0 Å². The standard InChI is InChI=1S/C10H17N5O2/c1-13(2)5-4-6-14(3)8-9-10(7-11)15(16)17-12-9/h4-6,8H2,1-3H3. The van der Waals surface area contributed by atoms with E-state index in [0.717, 1.165) is 19.5 Å². The SMILES string of the molecule is CN(C)CCCN(C)Cc1no[n+]([O-])c1C#N. The van der Waals surface area contributed by atoms with E-state index in [1.54, 1.807) is 6.07 Å². The average Bonchev–Trinajstić information content (AvgIpc) is 2.58. The molecule has 0 aromatic carbocycles. The Morgan fingerprint density at radius 1 is 1.41 bits per heavy atom. The van der Waals surface area contributed by atoms with Crippen LogP contribution in [0.15, 0.2) is 4.63 Å². The Morgan fingerprint density at radius 3 is 2.71 bits per heavy atom. The van der Waals surface area contributed by atoms with E-state index in [-0.39, 0.29) is 10.6 Å². The van der Waals surface area contributed by atoms with Gasteiger partial charge in [0, 0.05) is 5.16 Å². The van der Waals surface area contributed by atoms with E-state index in [0.29, 0.717) is 12.2 Å². The van der Waals surface area contributed by atoms with Gasteiger partial charge in [0.2, 0.25) is 0 Å². The zero-order valence-electron chi connectivity index (χ0n) is 10.4. The summed E-state index contributed by atoms with van der Waals surface area (Å²) in [5.74, 6) is 0. The number of rotatable bonds is 6. The highest BCUT2D eigenvalue weighted by atomic mass is 16.8. The van der Waals surface area contributed by atoms with Gasteiger partial charge in [0.1, 0.15) is 0 Å². The van der Waals surface area contributed by atoms with Crippen LogP contribution in [-0.2, 0) is 6.54 Å². The predicted molar refractivity (Wildman–Crippen MR) is 59.7 cm³/mol. The predicted octanol–water partition coefficient (Wildman–Crippen LogP) is -0.437. The molecule has 17 heavy (non-hydrogen) atoms. The Kier molecular flexibility index (Phi) is 4.87. The molecule has 0 amide bonds. The zero-order chi connectivity index (χ0) is 12.8. The van der Waals surface area contributed by atoms with E-state index in [1.807, 2.05) is 26.0 Å². The van der Waals surface area contributed by atoms with Gasteiger partial charge in [-0.05, 0) is 45.6 Å². The number of hydrogen-bond acceptors (Lipinski definition) is 6. The van der Waals surface area contributed by atoms with Crippen LogP contribution in [0.1, 0.15) is 17.8 Å². The van der Waals surface area contributed by atoms with Gasteiger partial charge in [-0.1, -0.05) is 0 Å². The molecular formula is C10H17N5O2. The van der Waals surface area contributed by atoms with E-state index in [1.165, 1.54) is 0 Å². The van der Waals surface area contributed by atoms with Gasteiger partial charge < -0.3 is 10.1 Å². The van der Waals surface area contributed by atoms with Crippen LogP contribution in [0, 0.1) is 16.5 Å². The maximum Gasteiger partial charge on any atom is 0.299 e. The number of hydrogen-bond donors (Lipinski definition) is 0. The molecule has 1 heterocycles. The van der Waals surface area contributed by atoms with E-state index in [2.05, 4.69) is 14.7 Å². The minimum Gasteiger partial charge on any atom is -0.358 e. The second-order valence-electron chi connectivity index (χ2n) is 4.23. The first-order valence-corrected chi connectivity index (χ1v) is 5.36. The van der Waals surface area contributed by atoms with Crippen molar-refractivity contribution in [1.82, 2.24) is 15.0 Å². The molecule has 94 valence electrons. The molecule has 0 aliphatic heterocycles. The summed E-state index contributed by atoms with van der Waals surface area (Å²) in [6.45, 7) is 2.31. The summed E-state index contributed by atoms with van der Waals surface area (Å²) < 4.78 is 4.38. The Hall–Kier alpha value is -1.65. The van der Waals surface area contributed by atoms with Gasteiger partial charge in [0.25, 0.3) is 11.4 Å². The summed E-state index contributed by atoms with van der Waals surface area (Å²) in [5, 5.41) is 23.3. The fraction of sp³-hybridized carbons (Fsp3) is 0.700. The largest absolute Gasteiger partial charge is 0.358 e. The van der Waals surface area contributed by atoms with Crippen molar-refractivity contribution >= 4 is 0 Å². The maximum absolute atomic E-state index is 11.0. The van der Waals surface area contributed by atoms with Crippen LogP contribution in [0.4, 0.5) is 0 Å². The van der Waals surface area contributed by atoms with Gasteiger partial charge in [-0.25, -0.2) is 0 Å². The Labute approximate surface area is 100 Å². The summed E-state index contributed by atoms with van der Waals surface area (Å²) in [7, 11) is 5.96. The summed E-state index contributed by atoms with van der Waals surface area (Å²) >= 11 is 0. The van der Waals surface area contributed by atoms with Gasteiger partial charge in [-0.15, -0.1) is 0 Å². The third-order valence-corrected chi connectivity index (χ3v) is 2.35. The van der Waals surface area contributed by atoms with Crippen LogP contribution in [0.3, 0.4) is 0 Å². The molecule has 7 nitrogen and oxygen atoms in total. The molecule has 1 aromatic rings. The summed E-state index contributed by atoms with van der Waals surface area (Å²) in [5.41, 5.74) is 0.319. The van der Waals surface area contributed by atoms with E-state index in [9.17, 15) is 5.21 Å². The molecule has 0 saturated heterocycles. The molecule has 0 bridgehead atoms. The minimum absolute atomic E-state index is 0.0653. The lowest BCUT2D eigenvalue weighted by Gasteiger charge is -2.15. The lowest BCUT2D eigenvalue weighted by molar-refractivity contribution is -0.804. The first-order chi connectivity index (χ1) is 8.04. The number of nitriles is 1.